The summed E-state index contributed by atoms with van der Waals surface area (Å²) in [4.78, 5) is 101. The summed E-state index contributed by atoms with van der Waals surface area (Å²) in [7, 11) is 0. The number of aliphatic carboxylic acids is 2. The maximum atomic E-state index is 13.7. The van der Waals surface area contributed by atoms with Gasteiger partial charge in [0.2, 0.25) is 35.4 Å². The van der Waals surface area contributed by atoms with Crippen molar-refractivity contribution in [3.05, 3.63) is 0 Å². The van der Waals surface area contributed by atoms with E-state index in [1.54, 1.807) is 34.6 Å². The van der Waals surface area contributed by atoms with E-state index in [1.165, 1.54) is 11.8 Å². The van der Waals surface area contributed by atoms with Gasteiger partial charge in [-0.3, -0.25) is 38.4 Å². The van der Waals surface area contributed by atoms with Crippen LogP contribution in [0, 0.1) is 23.7 Å². The lowest BCUT2D eigenvalue weighted by Crippen LogP contribution is -2.60. The van der Waals surface area contributed by atoms with Gasteiger partial charge in [0.25, 0.3) is 0 Å². The molecule has 0 aromatic heterocycles. The molecule has 57 heavy (non-hydrogen) atoms. The van der Waals surface area contributed by atoms with Crippen LogP contribution in [0.1, 0.15) is 93.9 Å². The number of amides is 6. The Morgan fingerprint density at radius 1 is 0.649 bits per heavy atom. The van der Waals surface area contributed by atoms with Crippen molar-refractivity contribution in [2.45, 2.75) is 142 Å². The van der Waals surface area contributed by atoms with Gasteiger partial charge >= 0.3 is 11.9 Å². The van der Waals surface area contributed by atoms with Crippen LogP contribution in [0.15, 0.2) is 0 Å². The Bertz CT molecular complexity index is 1350. The van der Waals surface area contributed by atoms with Crippen molar-refractivity contribution in [2.75, 3.05) is 18.6 Å². The summed E-state index contributed by atoms with van der Waals surface area (Å²) < 4.78 is 0. The maximum absolute atomic E-state index is 13.7. The molecule has 0 spiro atoms. The minimum absolute atomic E-state index is 0.0438. The quantitative estimate of drug-likeness (QED) is 0.0433. The Hall–Kier alpha value is -4.01. The van der Waals surface area contributed by atoms with Crippen LogP contribution in [0.3, 0.4) is 0 Å². The third-order valence-electron chi connectivity index (χ3n) is 9.22. The molecule has 0 fully saturated rings. The van der Waals surface area contributed by atoms with Gasteiger partial charge in [-0.25, -0.2) is 0 Å². The molecule has 0 aliphatic carbocycles. The molecule has 0 heterocycles. The van der Waals surface area contributed by atoms with Crippen molar-refractivity contribution < 1.29 is 53.7 Å². The minimum atomic E-state index is -1.51. The van der Waals surface area contributed by atoms with Gasteiger partial charge in [-0.2, -0.15) is 11.8 Å². The number of thioether (sulfide) groups is 1. The van der Waals surface area contributed by atoms with E-state index in [-0.39, 0.29) is 43.6 Å². The predicted octanol–water partition coefficient (Wildman–Crippen LogP) is -0.961. The van der Waals surface area contributed by atoms with Gasteiger partial charge in [-0.15, -0.1) is 0 Å². The number of hydrogen-bond acceptors (Lipinski definition) is 12. The van der Waals surface area contributed by atoms with Crippen LogP contribution in [-0.2, 0) is 38.4 Å². The molecule has 0 rings (SSSR count). The summed E-state index contributed by atoms with van der Waals surface area (Å²) in [6, 6.07) is -8.15. The fourth-order valence-electron chi connectivity index (χ4n) is 5.66. The molecule has 9 atom stereocenters. The highest BCUT2D eigenvalue weighted by Crippen LogP contribution is 2.13. The number of primary amides is 1. The Balaban J connectivity index is 6.11. The zero-order valence-electron chi connectivity index (χ0n) is 34.8. The van der Waals surface area contributed by atoms with Crippen LogP contribution >= 0.6 is 11.8 Å². The van der Waals surface area contributed by atoms with Crippen LogP contribution in [-0.4, -0.2) is 130 Å². The van der Waals surface area contributed by atoms with Gasteiger partial charge < -0.3 is 58.7 Å². The number of rotatable bonds is 29. The summed E-state index contributed by atoms with van der Waals surface area (Å²) in [5, 5.41) is 45.7. The van der Waals surface area contributed by atoms with Gasteiger partial charge in [-0.1, -0.05) is 61.8 Å². The number of aliphatic hydroxyl groups excluding tert-OH is 1. The van der Waals surface area contributed by atoms with Gasteiger partial charge in [0, 0.05) is 6.54 Å². The van der Waals surface area contributed by atoms with E-state index in [2.05, 4.69) is 31.9 Å². The second-order valence-corrected chi connectivity index (χ2v) is 16.6. The van der Waals surface area contributed by atoms with Crippen LogP contribution in [0.2, 0.25) is 0 Å². The second-order valence-electron chi connectivity index (χ2n) is 15.6. The number of carboxylic acid groups (broad SMARTS) is 2. The first kappa shape index (κ1) is 53.0. The molecule has 0 bridgehead atoms. The van der Waals surface area contributed by atoms with Crippen molar-refractivity contribution in [1.82, 2.24) is 31.9 Å². The highest BCUT2D eigenvalue weighted by molar-refractivity contribution is 7.98. The van der Waals surface area contributed by atoms with Crippen molar-refractivity contribution >= 4 is 59.1 Å². The zero-order chi connectivity index (χ0) is 44.2. The number of carbonyl (C=O) groups excluding carboxylic acids is 6. The fourth-order valence-corrected chi connectivity index (χ4v) is 6.13. The smallest absolute Gasteiger partial charge is 0.305 e. The average Bonchev–Trinajstić information content (AvgIpc) is 3.10. The average molecular weight is 833 g/mol. The highest BCUT2D eigenvalue weighted by Gasteiger charge is 2.34. The third-order valence-corrected chi connectivity index (χ3v) is 9.86. The van der Waals surface area contributed by atoms with Crippen molar-refractivity contribution in [2.24, 2.45) is 35.1 Å². The molecule has 0 aliphatic rings. The minimum Gasteiger partial charge on any atom is -0.481 e. The van der Waals surface area contributed by atoms with Gasteiger partial charge in [0.15, 0.2) is 0 Å². The topological polar surface area (TPSA) is 321 Å². The predicted molar refractivity (Wildman–Crippen MR) is 215 cm³/mol. The van der Waals surface area contributed by atoms with Crippen molar-refractivity contribution in [3.63, 3.8) is 0 Å². The molecule has 0 saturated carbocycles. The lowest BCUT2D eigenvalue weighted by molar-refractivity contribution is -0.141. The van der Waals surface area contributed by atoms with Crippen molar-refractivity contribution in [1.29, 1.82) is 0 Å². The first-order valence-corrected chi connectivity index (χ1v) is 20.7. The summed E-state index contributed by atoms with van der Waals surface area (Å²) in [5.41, 5.74) is 11.3. The monoisotopic (exact) mass is 832 g/mol. The number of hydrogen-bond donors (Lipinski definition) is 11. The summed E-state index contributed by atoms with van der Waals surface area (Å²) in [6.45, 7) is 14.1. The Morgan fingerprint density at radius 2 is 1.14 bits per heavy atom. The molecule has 0 aromatic rings. The van der Waals surface area contributed by atoms with E-state index in [1.807, 2.05) is 27.0 Å². The molecular formula is C37H68N8O11S. The van der Waals surface area contributed by atoms with Gasteiger partial charge in [0.05, 0.1) is 37.1 Å². The Labute approximate surface area is 340 Å². The molecule has 20 heteroatoms. The standard InChI is InChI=1S/C37H68N8O11S/c1-10-21(8)30(38)36(55)43-26(16-29(49)50)35(54)41-23(13-18(2)3)27(46)17-40-22(11-12-57-9)33(52)45-31(20(6)7)37(56)44-25(14-19(4)5)34(53)42-24(32(39)51)15-28(47)48/h18-27,30-31,40,46H,10-17,38H2,1-9H3,(H2,39,51)(H,41,54)(H,42,53)(H,43,55)(H,44,56)(H,45,52)(H,47,48)(H,49,50)/t21-,22-,23-,24-,25-,26-,27-,30-,31-/m0/s1. The van der Waals surface area contributed by atoms with E-state index < -0.39 is 115 Å². The van der Waals surface area contributed by atoms with Gasteiger partial charge in [-0.05, 0) is 54.9 Å². The van der Waals surface area contributed by atoms with Crippen LogP contribution in [0.4, 0.5) is 0 Å². The van der Waals surface area contributed by atoms with Crippen molar-refractivity contribution in [3.8, 4) is 0 Å². The first-order valence-electron chi connectivity index (χ1n) is 19.4. The lowest BCUT2D eigenvalue weighted by Gasteiger charge is -2.30. The molecule has 0 saturated heterocycles. The summed E-state index contributed by atoms with van der Waals surface area (Å²) in [5.74, 6) is -7.75. The van der Waals surface area contributed by atoms with E-state index in [0.29, 0.717) is 12.2 Å². The van der Waals surface area contributed by atoms with E-state index >= 15 is 0 Å². The third kappa shape index (κ3) is 20.8. The Kier molecular flexibility index (Phi) is 24.9. The molecule has 0 aromatic carbocycles. The number of carboxylic acids is 2. The number of nitrogens with one attached hydrogen (secondary N) is 6. The molecule has 6 amide bonds. The second kappa shape index (κ2) is 26.8. The highest BCUT2D eigenvalue weighted by atomic mass is 32.2. The molecule has 19 nitrogen and oxygen atoms in total. The SMILES string of the molecule is CC[C@H](C)[C@H](N)C(=O)N[C@@H](CC(=O)O)C(=O)N[C@@H](CC(C)C)[C@@H](O)CN[C@@H](CCSC)C(=O)N[C@H](C(=O)N[C@@H](CC(C)C)C(=O)N[C@@H](CC(=O)O)C(N)=O)C(C)C. The molecule has 0 aliphatic heterocycles. The normalized spacial score (nSPS) is 16.2. The maximum Gasteiger partial charge on any atom is 0.305 e. The summed E-state index contributed by atoms with van der Waals surface area (Å²) >= 11 is 1.46. The van der Waals surface area contributed by atoms with E-state index in [4.69, 9.17) is 16.6 Å². The first-order chi connectivity index (χ1) is 26.4. The van der Waals surface area contributed by atoms with Crippen LogP contribution in [0.5, 0.6) is 0 Å². The van der Waals surface area contributed by atoms with Gasteiger partial charge in [0.1, 0.15) is 24.2 Å². The van der Waals surface area contributed by atoms with E-state index in [9.17, 15) is 48.6 Å². The fraction of sp³-hybridized carbons (Fsp3) is 0.784. The largest absolute Gasteiger partial charge is 0.481 e. The summed E-state index contributed by atoms with van der Waals surface area (Å²) in [6.07, 6.45) is 0.300. The molecule has 328 valence electrons. The molecule has 0 unspecified atom stereocenters. The zero-order valence-corrected chi connectivity index (χ0v) is 35.6. The van der Waals surface area contributed by atoms with E-state index in [0.717, 1.165) is 0 Å². The Morgan fingerprint density at radius 3 is 1.61 bits per heavy atom. The number of nitrogens with two attached hydrogens (primary N) is 2. The van der Waals surface area contributed by atoms with Crippen LogP contribution in [0.25, 0.3) is 0 Å². The molecule has 13 N–H and O–H groups in total. The number of aliphatic hydroxyl groups is 1. The lowest BCUT2D eigenvalue weighted by atomic mass is 9.97. The van der Waals surface area contributed by atoms with Crippen LogP contribution < -0.4 is 43.4 Å². The molecular weight excluding hydrogens is 765 g/mol. The number of carbonyl (C=O) groups is 8. The molecule has 0 radical (unpaired) electrons.